The van der Waals surface area contributed by atoms with Crippen molar-refractivity contribution in [3.63, 3.8) is 0 Å². The van der Waals surface area contributed by atoms with E-state index in [1.807, 2.05) is 0 Å². The van der Waals surface area contributed by atoms with Crippen molar-refractivity contribution in [3.05, 3.63) is 35.9 Å². The largest absolute Gasteiger partial charge is 0.393 e. The monoisotopic (exact) mass is 355 g/mol. The van der Waals surface area contributed by atoms with Crippen LogP contribution in [0.4, 0.5) is 0 Å². The van der Waals surface area contributed by atoms with Crippen LogP contribution in [0.5, 0.6) is 0 Å². The Labute approximate surface area is 157 Å². The van der Waals surface area contributed by atoms with Crippen molar-refractivity contribution in [1.29, 1.82) is 0 Å². The van der Waals surface area contributed by atoms with Gasteiger partial charge in [-0.3, -0.25) is 4.79 Å². The lowest BCUT2D eigenvalue weighted by Crippen LogP contribution is -2.61. The molecule has 3 heteroatoms. The summed E-state index contributed by atoms with van der Waals surface area (Å²) >= 11 is 0. The Balaban J connectivity index is 1.64. The second-order valence-electron chi connectivity index (χ2n) is 10.3. The number of carbonyl (C=O) groups excluding carboxylic acids is 1. The van der Waals surface area contributed by atoms with E-state index < -0.39 is 0 Å². The predicted octanol–water partition coefficient (Wildman–Crippen LogP) is 3.90. The van der Waals surface area contributed by atoms with Crippen LogP contribution in [-0.2, 0) is 10.2 Å². The molecule has 0 heterocycles. The van der Waals surface area contributed by atoms with Gasteiger partial charge in [0.1, 0.15) is 0 Å². The number of amides is 1. The molecule has 2 N–H and O–H groups in total. The van der Waals surface area contributed by atoms with Gasteiger partial charge in [0.25, 0.3) is 0 Å². The van der Waals surface area contributed by atoms with Crippen molar-refractivity contribution in [3.8, 4) is 0 Å². The Morgan fingerprint density at radius 3 is 2.12 bits per heavy atom. The van der Waals surface area contributed by atoms with Gasteiger partial charge < -0.3 is 10.4 Å². The maximum absolute atomic E-state index is 13.0. The average molecular weight is 356 g/mol. The van der Waals surface area contributed by atoms with E-state index in [2.05, 4.69) is 56.4 Å². The fourth-order valence-electron chi connectivity index (χ4n) is 6.27. The first-order chi connectivity index (χ1) is 12.3. The summed E-state index contributed by atoms with van der Waals surface area (Å²) in [6.45, 7) is 7.19. The lowest BCUT2D eigenvalue weighted by atomic mass is 9.42. The maximum atomic E-state index is 13.0. The number of rotatable bonds is 4. The van der Waals surface area contributed by atoms with Gasteiger partial charge in [-0.25, -0.2) is 0 Å². The first-order valence-corrected chi connectivity index (χ1v) is 10.3. The lowest BCUT2D eigenvalue weighted by Gasteiger charge is -2.63. The molecule has 4 saturated carbocycles. The van der Waals surface area contributed by atoms with E-state index in [-0.39, 0.29) is 22.8 Å². The third kappa shape index (κ3) is 2.98. The lowest BCUT2D eigenvalue weighted by molar-refractivity contribution is -0.147. The minimum Gasteiger partial charge on any atom is -0.393 e. The first-order valence-electron chi connectivity index (χ1n) is 10.3. The standard InChI is InChI=1S/C23H33NO2/c1-22(2,3)14-24-20(25)13-23(17-7-5-4-6-8-17)18-9-15-10-19(23)12-16(11-18)21(15)26/h4-8,15-16,18-19,21,26H,9-14H2,1-3H3,(H,24,25). The molecule has 1 amide bonds. The zero-order valence-electron chi connectivity index (χ0n) is 16.4. The van der Waals surface area contributed by atoms with Crippen LogP contribution in [-0.4, -0.2) is 23.7 Å². The number of hydrogen-bond acceptors (Lipinski definition) is 2. The quantitative estimate of drug-likeness (QED) is 0.860. The van der Waals surface area contributed by atoms with Crippen LogP contribution in [0.15, 0.2) is 30.3 Å². The predicted molar refractivity (Wildman–Crippen MR) is 104 cm³/mol. The van der Waals surface area contributed by atoms with E-state index >= 15 is 0 Å². The Bertz CT molecular complexity index is 631. The molecule has 0 aliphatic heterocycles. The molecule has 0 aromatic heterocycles. The summed E-state index contributed by atoms with van der Waals surface area (Å²) in [5.41, 5.74) is 1.40. The van der Waals surface area contributed by atoms with Gasteiger partial charge in [-0.2, -0.15) is 0 Å². The molecule has 1 aromatic carbocycles. The molecule has 3 nitrogen and oxygen atoms in total. The number of nitrogens with one attached hydrogen (secondary N) is 1. The molecule has 0 spiro atoms. The summed E-state index contributed by atoms with van der Waals surface area (Å²) in [5.74, 6) is 2.14. The van der Waals surface area contributed by atoms with E-state index in [4.69, 9.17) is 0 Å². The van der Waals surface area contributed by atoms with Crippen LogP contribution < -0.4 is 5.32 Å². The molecule has 4 bridgehead atoms. The third-order valence-corrected chi connectivity index (χ3v) is 7.35. The summed E-state index contributed by atoms with van der Waals surface area (Å²) < 4.78 is 0. The average Bonchev–Trinajstić information content (AvgIpc) is 2.58. The van der Waals surface area contributed by atoms with Gasteiger partial charge in [-0.05, 0) is 60.3 Å². The Kier molecular flexibility index (Phi) is 4.42. The second-order valence-corrected chi connectivity index (χ2v) is 10.3. The molecule has 4 aliphatic rings. The number of benzene rings is 1. The van der Waals surface area contributed by atoms with Crippen LogP contribution >= 0.6 is 0 Å². The van der Waals surface area contributed by atoms with Gasteiger partial charge >= 0.3 is 0 Å². The minimum absolute atomic E-state index is 0.0453. The maximum Gasteiger partial charge on any atom is 0.220 e. The highest BCUT2D eigenvalue weighted by Crippen LogP contribution is 2.64. The van der Waals surface area contributed by atoms with E-state index in [9.17, 15) is 9.90 Å². The van der Waals surface area contributed by atoms with E-state index in [0.29, 0.717) is 30.1 Å². The van der Waals surface area contributed by atoms with E-state index in [1.54, 1.807) is 0 Å². The van der Waals surface area contributed by atoms with E-state index in [1.165, 1.54) is 5.56 Å². The molecular weight excluding hydrogens is 322 g/mol. The number of aliphatic hydroxyl groups excluding tert-OH is 1. The summed E-state index contributed by atoms with van der Waals surface area (Å²) in [6.07, 6.45) is 4.81. The van der Waals surface area contributed by atoms with Gasteiger partial charge in [-0.1, -0.05) is 51.1 Å². The summed E-state index contributed by atoms with van der Waals surface area (Å²) in [5, 5.41) is 13.7. The second kappa shape index (κ2) is 6.37. The molecule has 1 aromatic rings. The van der Waals surface area contributed by atoms with Crippen LogP contribution in [0.3, 0.4) is 0 Å². The number of carbonyl (C=O) groups is 1. The molecule has 0 unspecified atom stereocenters. The van der Waals surface area contributed by atoms with Crippen LogP contribution in [0.2, 0.25) is 0 Å². The van der Waals surface area contributed by atoms with Gasteiger partial charge in [0, 0.05) is 18.4 Å². The topological polar surface area (TPSA) is 49.3 Å². The molecule has 0 radical (unpaired) electrons. The van der Waals surface area contributed by atoms with Gasteiger partial charge in [-0.15, -0.1) is 0 Å². The zero-order chi connectivity index (χ0) is 18.5. The van der Waals surface area contributed by atoms with Crippen LogP contribution in [0.1, 0.15) is 58.4 Å². The van der Waals surface area contributed by atoms with Crippen LogP contribution in [0.25, 0.3) is 0 Å². The van der Waals surface area contributed by atoms with Gasteiger partial charge in [0.15, 0.2) is 0 Å². The number of aliphatic hydroxyl groups is 1. The van der Waals surface area contributed by atoms with Crippen molar-refractivity contribution < 1.29 is 9.90 Å². The summed E-state index contributed by atoms with van der Waals surface area (Å²) in [7, 11) is 0. The third-order valence-electron chi connectivity index (χ3n) is 7.35. The van der Waals surface area contributed by atoms with Crippen molar-refractivity contribution in [1.82, 2.24) is 5.32 Å². The molecule has 4 fully saturated rings. The van der Waals surface area contributed by atoms with Gasteiger partial charge in [0.05, 0.1) is 6.10 Å². The molecule has 5 rings (SSSR count). The molecule has 4 aliphatic carbocycles. The van der Waals surface area contributed by atoms with E-state index in [0.717, 1.165) is 32.2 Å². The van der Waals surface area contributed by atoms with Crippen LogP contribution in [0, 0.1) is 29.1 Å². The molecule has 0 saturated heterocycles. The van der Waals surface area contributed by atoms with Crippen molar-refractivity contribution in [2.45, 2.75) is 64.4 Å². The highest BCUT2D eigenvalue weighted by atomic mass is 16.3. The molecular formula is C23H33NO2. The minimum atomic E-state index is -0.106. The normalized spacial score (nSPS) is 38.4. The van der Waals surface area contributed by atoms with Gasteiger partial charge in [0.2, 0.25) is 5.91 Å². The van der Waals surface area contributed by atoms with Crippen molar-refractivity contribution >= 4 is 5.91 Å². The van der Waals surface area contributed by atoms with Crippen molar-refractivity contribution in [2.75, 3.05) is 6.54 Å². The summed E-state index contributed by atoms with van der Waals surface area (Å²) in [4.78, 5) is 13.0. The molecule has 142 valence electrons. The highest BCUT2D eigenvalue weighted by Gasteiger charge is 2.60. The smallest absolute Gasteiger partial charge is 0.220 e. The number of hydrogen-bond donors (Lipinski definition) is 2. The molecule has 0 atom stereocenters. The summed E-state index contributed by atoms with van der Waals surface area (Å²) in [6, 6.07) is 10.8. The fourth-order valence-corrected chi connectivity index (χ4v) is 6.27. The highest BCUT2D eigenvalue weighted by molar-refractivity contribution is 5.78. The Morgan fingerprint density at radius 2 is 1.62 bits per heavy atom. The zero-order valence-corrected chi connectivity index (χ0v) is 16.4. The Morgan fingerprint density at radius 1 is 1.08 bits per heavy atom. The fraction of sp³-hybridized carbons (Fsp3) is 0.696. The SMILES string of the molecule is CC(C)(C)CNC(=O)CC1(c2ccccc2)C2CC3CC1CC(C2)C3O. The van der Waals surface area contributed by atoms with Crippen molar-refractivity contribution in [2.24, 2.45) is 29.1 Å². The molecule has 26 heavy (non-hydrogen) atoms. The Hall–Kier alpha value is -1.35. The first kappa shape index (κ1) is 18.0.